The number of pyridine rings is 1. The van der Waals surface area contributed by atoms with Crippen LogP contribution >= 0.6 is 0 Å². The van der Waals surface area contributed by atoms with E-state index < -0.39 is 0 Å². The quantitative estimate of drug-likeness (QED) is 0.898. The summed E-state index contributed by atoms with van der Waals surface area (Å²) in [5.41, 5.74) is 7.89. The van der Waals surface area contributed by atoms with E-state index in [-0.39, 0.29) is 0 Å². The number of phenolic OH excluding ortho intramolecular Hbond substituents is 1. The van der Waals surface area contributed by atoms with Crippen LogP contribution < -0.4 is 10.6 Å². The van der Waals surface area contributed by atoms with Crippen molar-refractivity contribution in [2.45, 2.75) is 6.54 Å². The monoisotopic (exact) mass is 284 g/mol. The molecule has 0 unspecified atom stereocenters. The van der Waals surface area contributed by atoms with Gasteiger partial charge in [0.15, 0.2) is 0 Å². The van der Waals surface area contributed by atoms with Gasteiger partial charge in [0.05, 0.1) is 11.9 Å². The van der Waals surface area contributed by atoms with Crippen molar-refractivity contribution in [1.82, 2.24) is 9.88 Å². The number of nitrogen functional groups attached to an aromatic ring is 1. The minimum absolute atomic E-state index is 0.332. The van der Waals surface area contributed by atoms with Gasteiger partial charge in [-0.05, 0) is 29.8 Å². The van der Waals surface area contributed by atoms with E-state index in [2.05, 4.69) is 20.9 Å². The Kier molecular flexibility index (Phi) is 3.92. The highest BCUT2D eigenvalue weighted by atomic mass is 16.3. The van der Waals surface area contributed by atoms with Crippen molar-refractivity contribution in [3.63, 3.8) is 0 Å². The number of hydrogen-bond donors (Lipinski definition) is 2. The summed E-state index contributed by atoms with van der Waals surface area (Å²) < 4.78 is 0. The summed E-state index contributed by atoms with van der Waals surface area (Å²) in [6.07, 6.45) is 1.83. The standard InChI is InChI=1S/C16H20N4O/c17-16-5-4-14(11-18-16)20-8-6-19(7-9-20)12-13-2-1-3-15(21)10-13/h1-5,10-11,21H,6-9,12H2,(H2,17,18). The number of piperazine rings is 1. The van der Waals surface area contributed by atoms with E-state index in [1.165, 1.54) is 0 Å². The number of phenols is 1. The molecule has 0 bridgehead atoms. The molecule has 0 atom stereocenters. The molecule has 3 rings (SSSR count). The van der Waals surface area contributed by atoms with Gasteiger partial charge < -0.3 is 15.7 Å². The fourth-order valence-corrected chi connectivity index (χ4v) is 2.66. The van der Waals surface area contributed by atoms with Crippen LogP contribution in [0.4, 0.5) is 11.5 Å². The lowest BCUT2D eigenvalue weighted by Crippen LogP contribution is -2.46. The van der Waals surface area contributed by atoms with E-state index in [1.807, 2.05) is 30.5 Å². The highest BCUT2D eigenvalue weighted by Crippen LogP contribution is 2.18. The Hall–Kier alpha value is -2.27. The maximum Gasteiger partial charge on any atom is 0.123 e. The molecule has 1 fully saturated rings. The van der Waals surface area contributed by atoms with Gasteiger partial charge in [0.2, 0.25) is 0 Å². The minimum atomic E-state index is 0.332. The molecule has 0 spiro atoms. The first-order valence-corrected chi connectivity index (χ1v) is 7.17. The molecular weight excluding hydrogens is 264 g/mol. The number of aromatic nitrogens is 1. The summed E-state index contributed by atoms with van der Waals surface area (Å²) in [5, 5.41) is 9.51. The van der Waals surface area contributed by atoms with Crippen LogP contribution in [-0.2, 0) is 6.54 Å². The van der Waals surface area contributed by atoms with Gasteiger partial charge in [-0.1, -0.05) is 12.1 Å². The van der Waals surface area contributed by atoms with Gasteiger partial charge in [0.1, 0.15) is 11.6 Å². The number of aromatic hydroxyl groups is 1. The van der Waals surface area contributed by atoms with Crippen LogP contribution in [-0.4, -0.2) is 41.2 Å². The van der Waals surface area contributed by atoms with E-state index in [1.54, 1.807) is 6.07 Å². The molecule has 0 radical (unpaired) electrons. The Morgan fingerprint density at radius 3 is 2.57 bits per heavy atom. The average Bonchev–Trinajstić information content (AvgIpc) is 2.49. The smallest absolute Gasteiger partial charge is 0.123 e. The topological polar surface area (TPSA) is 65.6 Å². The Morgan fingerprint density at radius 2 is 1.90 bits per heavy atom. The number of nitrogens with zero attached hydrogens (tertiary/aromatic N) is 3. The second-order valence-electron chi connectivity index (χ2n) is 5.37. The Morgan fingerprint density at radius 1 is 1.10 bits per heavy atom. The number of benzene rings is 1. The van der Waals surface area contributed by atoms with Crippen LogP contribution in [0.3, 0.4) is 0 Å². The predicted molar refractivity (Wildman–Crippen MR) is 84.2 cm³/mol. The lowest BCUT2D eigenvalue weighted by atomic mass is 10.2. The van der Waals surface area contributed by atoms with Crippen molar-refractivity contribution in [3.05, 3.63) is 48.2 Å². The third-order valence-corrected chi connectivity index (χ3v) is 3.82. The summed E-state index contributed by atoms with van der Waals surface area (Å²) in [6, 6.07) is 11.3. The van der Waals surface area contributed by atoms with Crippen LogP contribution in [0.15, 0.2) is 42.6 Å². The molecule has 1 aliphatic heterocycles. The summed E-state index contributed by atoms with van der Waals surface area (Å²) in [5.74, 6) is 0.889. The first kappa shape index (κ1) is 13.7. The largest absolute Gasteiger partial charge is 0.508 e. The molecule has 110 valence electrons. The lowest BCUT2D eigenvalue weighted by Gasteiger charge is -2.36. The zero-order chi connectivity index (χ0) is 14.7. The molecule has 1 aliphatic rings. The SMILES string of the molecule is Nc1ccc(N2CCN(Cc3cccc(O)c3)CC2)cn1. The molecule has 3 N–H and O–H groups in total. The van der Waals surface area contributed by atoms with Gasteiger partial charge in [0, 0.05) is 32.7 Å². The van der Waals surface area contributed by atoms with E-state index in [9.17, 15) is 5.11 Å². The molecule has 1 saturated heterocycles. The molecule has 0 aliphatic carbocycles. The second-order valence-corrected chi connectivity index (χ2v) is 5.37. The second kappa shape index (κ2) is 6.01. The molecule has 1 aromatic heterocycles. The molecular formula is C16H20N4O. The zero-order valence-electron chi connectivity index (χ0n) is 11.9. The normalized spacial score (nSPS) is 16.1. The van der Waals surface area contributed by atoms with Crippen molar-refractivity contribution in [3.8, 4) is 5.75 Å². The lowest BCUT2D eigenvalue weighted by molar-refractivity contribution is 0.249. The van der Waals surface area contributed by atoms with E-state index in [0.717, 1.165) is 44.0 Å². The van der Waals surface area contributed by atoms with Crippen LogP contribution in [0.5, 0.6) is 5.75 Å². The van der Waals surface area contributed by atoms with Gasteiger partial charge in [-0.15, -0.1) is 0 Å². The maximum atomic E-state index is 9.51. The van der Waals surface area contributed by atoms with Crippen molar-refractivity contribution in [2.75, 3.05) is 36.8 Å². The van der Waals surface area contributed by atoms with Crippen LogP contribution in [0.25, 0.3) is 0 Å². The maximum absolute atomic E-state index is 9.51. The highest BCUT2D eigenvalue weighted by Gasteiger charge is 2.17. The Labute approximate surface area is 124 Å². The third-order valence-electron chi connectivity index (χ3n) is 3.82. The van der Waals surface area contributed by atoms with Crippen LogP contribution in [0.1, 0.15) is 5.56 Å². The number of rotatable bonds is 3. The molecule has 5 nitrogen and oxygen atoms in total. The number of nitrogens with two attached hydrogens (primary N) is 1. The van der Waals surface area contributed by atoms with Crippen LogP contribution in [0, 0.1) is 0 Å². The molecule has 2 heterocycles. The fraction of sp³-hybridized carbons (Fsp3) is 0.312. The molecule has 1 aromatic carbocycles. The molecule has 0 amide bonds. The molecule has 21 heavy (non-hydrogen) atoms. The van der Waals surface area contributed by atoms with Gasteiger partial charge >= 0.3 is 0 Å². The summed E-state index contributed by atoms with van der Waals surface area (Å²) >= 11 is 0. The van der Waals surface area contributed by atoms with Crippen molar-refractivity contribution < 1.29 is 5.11 Å². The van der Waals surface area contributed by atoms with Crippen LogP contribution in [0.2, 0.25) is 0 Å². The summed E-state index contributed by atoms with van der Waals surface area (Å²) in [6.45, 7) is 4.83. The predicted octanol–water partition coefficient (Wildman–Crippen LogP) is 1.69. The zero-order valence-corrected chi connectivity index (χ0v) is 11.9. The van der Waals surface area contributed by atoms with Gasteiger partial charge in [0.25, 0.3) is 0 Å². The van der Waals surface area contributed by atoms with Gasteiger partial charge in [-0.2, -0.15) is 0 Å². The van der Waals surface area contributed by atoms with Crippen molar-refractivity contribution in [2.24, 2.45) is 0 Å². The van der Waals surface area contributed by atoms with E-state index >= 15 is 0 Å². The molecule has 5 heteroatoms. The Balaban J connectivity index is 1.56. The number of hydrogen-bond acceptors (Lipinski definition) is 5. The van der Waals surface area contributed by atoms with Gasteiger partial charge in [-0.25, -0.2) is 4.98 Å². The first-order chi connectivity index (χ1) is 10.2. The minimum Gasteiger partial charge on any atom is -0.508 e. The first-order valence-electron chi connectivity index (χ1n) is 7.17. The highest BCUT2D eigenvalue weighted by molar-refractivity contribution is 5.48. The summed E-state index contributed by atoms with van der Waals surface area (Å²) in [4.78, 5) is 8.87. The third kappa shape index (κ3) is 3.44. The Bertz CT molecular complexity index is 591. The molecule has 0 saturated carbocycles. The van der Waals surface area contributed by atoms with Gasteiger partial charge in [-0.3, -0.25) is 4.90 Å². The number of anilines is 2. The van der Waals surface area contributed by atoms with E-state index in [4.69, 9.17) is 5.73 Å². The van der Waals surface area contributed by atoms with Crippen molar-refractivity contribution >= 4 is 11.5 Å². The summed E-state index contributed by atoms with van der Waals surface area (Å²) in [7, 11) is 0. The van der Waals surface area contributed by atoms with Crippen molar-refractivity contribution in [1.29, 1.82) is 0 Å². The molecule has 2 aromatic rings. The fourth-order valence-electron chi connectivity index (χ4n) is 2.66. The average molecular weight is 284 g/mol. The van der Waals surface area contributed by atoms with E-state index in [0.29, 0.717) is 11.6 Å².